The number of nitrogens with two attached hydrogens (primary N) is 1. The first-order valence-corrected chi connectivity index (χ1v) is 11.2. The molecule has 3 heterocycles. The SMILES string of the molecule is Cc1c([N+](=O)[O-])cnn1C(C)C(=O)Nc1c(C(N)=O)sc2nc(C(F)(F)F)cc(-c3ccc(F)cc3)c12. The summed E-state index contributed by atoms with van der Waals surface area (Å²) < 4.78 is 55.4. The first kappa shape index (κ1) is 25.7. The number of carbonyl (C=O) groups excluding carboxylic acids is 2. The molecule has 0 fully saturated rings. The maximum Gasteiger partial charge on any atom is 0.433 e. The summed E-state index contributed by atoms with van der Waals surface area (Å²) in [6.07, 6.45) is -3.87. The number of aromatic nitrogens is 3. The monoisotopic (exact) mass is 536 g/mol. The molecule has 0 saturated carbocycles. The molecule has 15 heteroatoms. The number of nitrogens with one attached hydrogen (secondary N) is 1. The van der Waals surface area contributed by atoms with Crippen molar-refractivity contribution in [2.75, 3.05) is 5.32 Å². The van der Waals surface area contributed by atoms with Gasteiger partial charge in [0, 0.05) is 5.39 Å². The van der Waals surface area contributed by atoms with Gasteiger partial charge in [0.2, 0.25) is 5.91 Å². The Hall–Kier alpha value is -4.40. The van der Waals surface area contributed by atoms with Gasteiger partial charge in [-0.2, -0.15) is 18.3 Å². The minimum atomic E-state index is -4.84. The van der Waals surface area contributed by atoms with Crippen molar-refractivity contribution in [2.24, 2.45) is 5.73 Å². The van der Waals surface area contributed by atoms with Crippen molar-refractivity contribution >= 4 is 44.7 Å². The predicted octanol–water partition coefficient (Wildman–Crippen LogP) is 4.83. The zero-order valence-electron chi connectivity index (χ0n) is 19.0. The third-order valence-corrected chi connectivity index (χ3v) is 6.64. The van der Waals surface area contributed by atoms with Crippen LogP contribution >= 0.6 is 11.3 Å². The second-order valence-electron chi connectivity index (χ2n) is 7.89. The Labute approximate surface area is 208 Å². The van der Waals surface area contributed by atoms with Crippen molar-refractivity contribution < 1.29 is 32.1 Å². The van der Waals surface area contributed by atoms with Crippen molar-refractivity contribution in [1.29, 1.82) is 0 Å². The topological polar surface area (TPSA) is 146 Å². The molecule has 3 N–H and O–H groups in total. The molecule has 1 atom stereocenters. The Morgan fingerprint density at radius 1 is 1.24 bits per heavy atom. The van der Waals surface area contributed by atoms with Gasteiger partial charge in [0.25, 0.3) is 5.91 Å². The van der Waals surface area contributed by atoms with Crippen molar-refractivity contribution in [1.82, 2.24) is 14.8 Å². The van der Waals surface area contributed by atoms with Gasteiger partial charge < -0.3 is 11.1 Å². The molecule has 0 aliphatic rings. The van der Waals surface area contributed by atoms with Crippen LogP contribution in [0.15, 0.2) is 36.5 Å². The number of thiophene rings is 1. The lowest BCUT2D eigenvalue weighted by Gasteiger charge is -2.16. The summed E-state index contributed by atoms with van der Waals surface area (Å²) >= 11 is 0.549. The Kier molecular flexibility index (Phi) is 6.41. The summed E-state index contributed by atoms with van der Waals surface area (Å²) in [5.74, 6) is -2.44. The average molecular weight is 536 g/mol. The molecule has 4 rings (SSSR count). The number of nitro groups is 1. The van der Waals surface area contributed by atoms with Crippen LogP contribution in [-0.4, -0.2) is 31.5 Å². The van der Waals surface area contributed by atoms with E-state index in [4.69, 9.17) is 5.73 Å². The van der Waals surface area contributed by atoms with Gasteiger partial charge >= 0.3 is 11.9 Å². The summed E-state index contributed by atoms with van der Waals surface area (Å²) in [6.45, 7) is 2.78. The molecule has 0 bridgehead atoms. The Morgan fingerprint density at radius 2 is 1.89 bits per heavy atom. The van der Waals surface area contributed by atoms with Crippen molar-refractivity contribution in [2.45, 2.75) is 26.1 Å². The number of hydrogen-bond acceptors (Lipinski definition) is 7. The molecular weight excluding hydrogens is 520 g/mol. The van der Waals surface area contributed by atoms with E-state index in [1.165, 1.54) is 26.0 Å². The Balaban J connectivity index is 1.90. The third-order valence-electron chi connectivity index (χ3n) is 5.54. The predicted molar refractivity (Wildman–Crippen MR) is 125 cm³/mol. The molecular formula is C22H16F4N6O4S. The molecule has 1 aromatic carbocycles. The van der Waals surface area contributed by atoms with Crippen LogP contribution in [0.25, 0.3) is 21.3 Å². The minimum absolute atomic E-state index is 0.0119. The van der Waals surface area contributed by atoms with Gasteiger partial charge in [0.15, 0.2) is 0 Å². The number of hydrogen-bond donors (Lipinski definition) is 2. The number of halogens is 4. The highest BCUT2D eigenvalue weighted by molar-refractivity contribution is 7.21. The van der Waals surface area contributed by atoms with Gasteiger partial charge in [-0.3, -0.25) is 24.4 Å². The van der Waals surface area contributed by atoms with E-state index in [0.717, 1.165) is 29.1 Å². The highest BCUT2D eigenvalue weighted by Crippen LogP contribution is 2.44. The fourth-order valence-corrected chi connectivity index (χ4v) is 4.72. The van der Waals surface area contributed by atoms with E-state index in [9.17, 15) is 37.3 Å². The average Bonchev–Trinajstić information content (AvgIpc) is 3.38. The standard InChI is InChI=1S/C22H16F4N6O4S/c1-9-14(32(35)36)8-28-31(9)10(2)20(34)30-17-16-13(11-3-5-12(23)6-4-11)7-15(22(24,25)26)29-21(16)37-18(17)19(27)33/h3-8,10H,1-2H3,(H2,27,33)(H,30,34). The van der Waals surface area contributed by atoms with Crippen LogP contribution in [-0.2, 0) is 11.0 Å². The van der Waals surface area contributed by atoms with Crippen molar-refractivity contribution in [3.05, 3.63) is 68.7 Å². The van der Waals surface area contributed by atoms with Gasteiger partial charge in [-0.15, -0.1) is 11.3 Å². The first-order chi connectivity index (χ1) is 17.3. The summed E-state index contributed by atoms with van der Waals surface area (Å²) in [5, 5.41) is 17.5. The van der Waals surface area contributed by atoms with E-state index in [-0.39, 0.29) is 43.3 Å². The number of primary amides is 1. The molecule has 2 amide bonds. The smallest absolute Gasteiger partial charge is 0.365 e. The van der Waals surface area contributed by atoms with E-state index in [0.29, 0.717) is 11.3 Å². The molecule has 0 saturated heterocycles. The molecule has 0 spiro atoms. The molecule has 192 valence electrons. The van der Waals surface area contributed by atoms with Crippen LogP contribution < -0.4 is 11.1 Å². The summed E-state index contributed by atoms with van der Waals surface area (Å²) in [6, 6.07) is 4.18. The van der Waals surface area contributed by atoms with E-state index in [2.05, 4.69) is 15.4 Å². The van der Waals surface area contributed by atoms with Gasteiger partial charge in [-0.25, -0.2) is 9.37 Å². The fraction of sp³-hybridized carbons (Fsp3) is 0.182. The number of carbonyl (C=O) groups is 2. The lowest BCUT2D eigenvalue weighted by atomic mass is 10.0. The number of benzene rings is 1. The number of anilines is 1. The molecule has 3 aromatic heterocycles. The molecule has 0 aliphatic heterocycles. The van der Waals surface area contributed by atoms with Crippen LogP contribution in [0.2, 0.25) is 0 Å². The molecule has 1 unspecified atom stereocenters. The number of amides is 2. The van der Waals surface area contributed by atoms with Gasteiger partial charge in [0.05, 0.1) is 10.6 Å². The highest BCUT2D eigenvalue weighted by Gasteiger charge is 2.35. The van der Waals surface area contributed by atoms with Crippen LogP contribution in [0.3, 0.4) is 0 Å². The normalized spacial score (nSPS) is 12.5. The van der Waals surface area contributed by atoms with Crippen LogP contribution in [0.5, 0.6) is 0 Å². The minimum Gasteiger partial charge on any atom is -0.365 e. The summed E-state index contributed by atoms with van der Waals surface area (Å²) in [7, 11) is 0. The number of pyridine rings is 1. The molecule has 10 nitrogen and oxygen atoms in total. The first-order valence-electron chi connectivity index (χ1n) is 10.4. The maximum absolute atomic E-state index is 13.6. The lowest BCUT2D eigenvalue weighted by molar-refractivity contribution is -0.385. The largest absolute Gasteiger partial charge is 0.433 e. The van der Waals surface area contributed by atoms with E-state index < -0.39 is 40.5 Å². The van der Waals surface area contributed by atoms with Gasteiger partial charge in [0.1, 0.15) is 39.2 Å². The molecule has 4 aromatic rings. The number of alkyl halides is 3. The van der Waals surface area contributed by atoms with E-state index in [1.807, 2.05) is 0 Å². The molecule has 0 radical (unpaired) electrons. The summed E-state index contributed by atoms with van der Waals surface area (Å²) in [5.41, 5.74) is 3.86. The molecule has 0 aliphatic carbocycles. The van der Waals surface area contributed by atoms with Crippen LogP contribution in [0.1, 0.15) is 34.0 Å². The zero-order valence-corrected chi connectivity index (χ0v) is 19.8. The second-order valence-corrected chi connectivity index (χ2v) is 8.89. The Morgan fingerprint density at radius 3 is 2.43 bits per heavy atom. The maximum atomic E-state index is 13.6. The fourth-order valence-electron chi connectivity index (χ4n) is 3.72. The van der Waals surface area contributed by atoms with Crippen molar-refractivity contribution in [3.8, 4) is 11.1 Å². The highest BCUT2D eigenvalue weighted by atomic mass is 32.1. The van der Waals surface area contributed by atoms with E-state index >= 15 is 0 Å². The number of nitrogens with zero attached hydrogens (tertiary/aromatic N) is 4. The van der Waals surface area contributed by atoms with Gasteiger partial charge in [-0.1, -0.05) is 12.1 Å². The number of fused-ring (bicyclic) bond motifs is 1. The summed E-state index contributed by atoms with van der Waals surface area (Å²) in [4.78, 5) is 38.9. The third kappa shape index (κ3) is 4.72. The number of rotatable bonds is 6. The van der Waals surface area contributed by atoms with Crippen molar-refractivity contribution in [3.63, 3.8) is 0 Å². The Bertz CT molecular complexity index is 1560. The second kappa shape index (κ2) is 9.24. The van der Waals surface area contributed by atoms with Crippen LogP contribution in [0.4, 0.5) is 28.9 Å². The molecule has 37 heavy (non-hydrogen) atoms. The van der Waals surface area contributed by atoms with Gasteiger partial charge in [-0.05, 0) is 43.2 Å². The quantitative estimate of drug-likeness (QED) is 0.205. The zero-order chi connectivity index (χ0) is 27.2. The van der Waals surface area contributed by atoms with Crippen LogP contribution in [0, 0.1) is 22.9 Å². The van der Waals surface area contributed by atoms with E-state index in [1.54, 1.807) is 0 Å². The lowest BCUT2D eigenvalue weighted by Crippen LogP contribution is -2.26.